The third-order valence-corrected chi connectivity index (χ3v) is 3.11. The van der Waals surface area contributed by atoms with E-state index < -0.39 is 0 Å². The van der Waals surface area contributed by atoms with Gasteiger partial charge in [0, 0.05) is 24.3 Å². The molecule has 20 heavy (non-hydrogen) atoms. The molecule has 100 valence electrons. The van der Waals surface area contributed by atoms with Crippen LogP contribution in [-0.4, -0.2) is 17.1 Å². The minimum absolute atomic E-state index is 0.606. The van der Waals surface area contributed by atoms with Crippen LogP contribution in [0.15, 0.2) is 54.9 Å². The van der Waals surface area contributed by atoms with Gasteiger partial charge in [-0.15, -0.1) is 0 Å². The van der Waals surface area contributed by atoms with Crippen molar-refractivity contribution in [2.45, 2.75) is 6.54 Å². The van der Waals surface area contributed by atoms with Gasteiger partial charge in [0.1, 0.15) is 0 Å². The first kappa shape index (κ1) is 12.4. The third kappa shape index (κ3) is 2.54. The Kier molecular flexibility index (Phi) is 3.46. The number of benzene rings is 1. The lowest BCUT2D eigenvalue weighted by atomic mass is 10.1. The summed E-state index contributed by atoms with van der Waals surface area (Å²) in [6, 6.07) is 14.1. The van der Waals surface area contributed by atoms with Crippen LogP contribution in [0, 0.1) is 0 Å². The lowest BCUT2D eigenvalue weighted by molar-refractivity contribution is 0.399. The zero-order chi connectivity index (χ0) is 13.8. The Morgan fingerprint density at radius 2 is 1.90 bits per heavy atom. The highest BCUT2D eigenvalue weighted by molar-refractivity contribution is 5.79. The molecule has 4 heteroatoms. The number of nitrogens with one attached hydrogen (secondary N) is 1. The number of aromatic nitrogens is 2. The van der Waals surface area contributed by atoms with Crippen molar-refractivity contribution >= 4 is 16.6 Å². The Morgan fingerprint density at radius 1 is 1.05 bits per heavy atom. The van der Waals surface area contributed by atoms with E-state index in [0.717, 1.165) is 16.6 Å². The molecule has 0 bridgehead atoms. The van der Waals surface area contributed by atoms with Crippen molar-refractivity contribution in [3.05, 3.63) is 60.4 Å². The van der Waals surface area contributed by atoms with E-state index >= 15 is 0 Å². The van der Waals surface area contributed by atoms with Gasteiger partial charge in [-0.05, 0) is 35.9 Å². The van der Waals surface area contributed by atoms with Gasteiger partial charge in [0.15, 0.2) is 0 Å². The van der Waals surface area contributed by atoms with Gasteiger partial charge in [0.05, 0.1) is 18.3 Å². The molecule has 2 heterocycles. The molecule has 2 aromatic heterocycles. The van der Waals surface area contributed by atoms with Gasteiger partial charge in [-0.3, -0.25) is 4.98 Å². The predicted octanol–water partition coefficient (Wildman–Crippen LogP) is 3.25. The van der Waals surface area contributed by atoms with E-state index in [9.17, 15) is 0 Å². The lowest BCUT2D eigenvalue weighted by Gasteiger charge is -2.10. The molecule has 1 aromatic carbocycles. The van der Waals surface area contributed by atoms with Gasteiger partial charge in [0.25, 0.3) is 0 Å². The summed E-state index contributed by atoms with van der Waals surface area (Å²) in [7, 11) is 1.62. The Morgan fingerprint density at radius 3 is 2.80 bits per heavy atom. The smallest absolute Gasteiger partial charge is 0.237 e. The van der Waals surface area contributed by atoms with Crippen LogP contribution in [0.25, 0.3) is 10.9 Å². The van der Waals surface area contributed by atoms with Crippen LogP contribution in [0.5, 0.6) is 5.88 Å². The number of methoxy groups -OCH3 is 1. The van der Waals surface area contributed by atoms with Gasteiger partial charge in [-0.25, -0.2) is 4.98 Å². The first-order chi connectivity index (χ1) is 9.86. The molecule has 0 saturated heterocycles. The van der Waals surface area contributed by atoms with Gasteiger partial charge >= 0.3 is 0 Å². The molecule has 0 spiro atoms. The van der Waals surface area contributed by atoms with Crippen molar-refractivity contribution in [1.29, 1.82) is 0 Å². The molecular weight excluding hydrogens is 250 g/mol. The van der Waals surface area contributed by atoms with E-state index in [2.05, 4.69) is 33.5 Å². The molecule has 3 rings (SSSR count). The van der Waals surface area contributed by atoms with Crippen molar-refractivity contribution in [1.82, 2.24) is 9.97 Å². The van der Waals surface area contributed by atoms with Crippen LogP contribution in [0.2, 0.25) is 0 Å². The zero-order valence-electron chi connectivity index (χ0n) is 11.2. The molecule has 0 amide bonds. The molecule has 0 radical (unpaired) electrons. The minimum atomic E-state index is 0.606. The maximum absolute atomic E-state index is 5.22. The second kappa shape index (κ2) is 5.57. The maximum atomic E-state index is 5.22. The van der Waals surface area contributed by atoms with Crippen LogP contribution in [-0.2, 0) is 6.54 Å². The summed E-state index contributed by atoms with van der Waals surface area (Å²) < 4.78 is 5.22. The predicted molar refractivity (Wildman–Crippen MR) is 79.9 cm³/mol. The van der Waals surface area contributed by atoms with Crippen molar-refractivity contribution < 1.29 is 4.74 Å². The number of pyridine rings is 2. The molecule has 0 saturated carbocycles. The van der Waals surface area contributed by atoms with E-state index in [-0.39, 0.29) is 0 Å². The number of fused-ring (bicyclic) bond motifs is 1. The molecule has 4 nitrogen and oxygen atoms in total. The molecular formula is C16H15N3O. The number of anilines is 1. The third-order valence-electron chi connectivity index (χ3n) is 3.11. The number of ether oxygens (including phenoxy) is 1. The number of hydrogen-bond acceptors (Lipinski definition) is 4. The Balaban J connectivity index is 1.79. The zero-order valence-corrected chi connectivity index (χ0v) is 11.2. The minimum Gasteiger partial charge on any atom is -0.480 e. The second-order valence-corrected chi connectivity index (χ2v) is 4.44. The Bertz CT molecular complexity index is 727. The summed E-state index contributed by atoms with van der Waals surface area (Å²) >= 11 is 0. The van der Waals surface area contributed by atoms with Crippen LogP contribution >= 0.6 is 0 Å². The normalized spacial score (nSPS) is 10.4. The average Bonchev–Trinajstić information content (AvgIpc) is 2.53. The molecule has 0 unspecified atom stereocenters. The van der Waals surface area contributed by atoms with Crippen LogP contribution in [0.1, 0.15) is 5.56 Å². The molecule has 0 fully saturated rings. The van der Waals surface area contributed by atoms with E-state index in [4.69, 9.17) is 4.74 Å². The number of nitrogens with zero attached hydrogens (tertiary/aromatic N) is 2. The van der Waals surface area contributed by atoms with Crippen LogP contribution in [0.4, 0.5) is 5.69 Å². The van der Waals surface area contributed by atoms with E-state index in [1.807, 2.05) is 24.3 Å². The fourth-order valence-electron chi connectivity index (χ4n) is 2.12. The monoisotopic (exact) mass is 265 g/mol. The largest absolute Gasteiger partial charge is 0.480 e. The summed E-state index contributed by atoms with van der Waals surface area (Å²) in [5.74, 6) is 0.606. The highest BCUT2D eigenvalue weighted by Gasteiger charge is 2.03. The quantitative estimate of drug-likeness (QED) is 0.786. The van der Waals surface area contributed by atoms with Gasteiger partial charge in [0.2, 0.25) is 5.88 Å². The summed E-state index contributed by atoms with van der Waals surface area (Å²) in [6.45, 7) is 0.715. The topological polar surface area (TPSA) is 47.0 Å². The van der Waals surface area contributed by atoms with Crippen molar-refractivity contribution in [3.8, 4) is 5.88 Å². The molecule has 3 aromatic rings. The second-order valence-electron chi connectivity index (χ2n) is 4.44. The Labute approximate surface area is 117 Å². The molecule has 0 aliphatic heterocycles. The van der Waals surface area contributed by atoms with Crippen molar-refractivity contribution in [3.63, 3.8) is 0 Å². The Hall–Kier alpha value is -2.62. The molecule has 1 N–H and O–H groups in total. The van der Waals surface area contributed by atoms with Gasteiger partial charge in [-0.1, -0.05) is 12.1 Å². The number of rotatable bonds is 4. The lowest BCUT2D eigenvalue weighted by Crippen LogP contribution is -2.02. The van der Waals surface area contributed by atoms with E-state index in [1.54, 1.807) is 19.5 Å². The van der Waals surface area contributed by atoms with Gasteiger partial charge < -0.3 is 10.1 Å². The fourth-order valence-corrected chi connectivity index (χ4v) is 2.12. The summed E-state index contributed by atoms with van der Waals surface area (Å²) in [4.78, 5) is 8.48. The highest BCUT2D eigenvalue weighted by atomic mass is 16.5. The van der Waals surface area contributed by atoms with Crippen molar-refractivity contribution in [2.24, 2.45) is 0 Å². The first-order valence-corrected chi connectivity index (χ1v) is 6.43. The molecule has 0 aliphatic rings. The SMILES string of the molecule is COc1ncccc1NCc1ccc2ncccc2c1. The molecule has 0 atom stereocenters. The highest BCUT2D eigenvalue weighted by Crippen LogP contribution is 2.21. The van der Waals surface area contributed by atoms with E-state index in [0.29, 0.717) is 12.4 Å². The van der Waals surface area contributed by atoms with Crippen LogP contribution < -0.4 is 10.1 Å². The van der Waals surface area contributed by atoms with Crippen LogP contribution in [0.3, 0.4) is 0 Å². The fraction of sp³-hybridized carbons (Fsp3) is 0.125. The average molecular weight is 265 g/mol. The number of hydrogen-bond donors (Lipinski definition) is 1. The first-order valence-electron chi connectivity index (χ1n) is 6.43. The summed E-state index contributed by atoms with van der Waals surface area (Å²) in [6.07, 6.45) is 3.52. The van der Waals surface area contributed by atoms with E-state index in [1.165, 1.54) is 5.56 Å². The molecule has 0 aliphatic carbocycles. The van der Waals surface area contributed by atoms with Gasteiger partial charge in [-0.2, -0.15) is 0 Å². The summed E-state index contributed by atoms with van der Waals surface area (Å²) in [5.41, 5.74) is 3.09. The summed E-state index contributed by atoms with van der Waals surface area (Å²) in [5, 5.41) is 4.48. The van der Waals surface area contributed by atoms with Crippen molar-refractivity contribution in [2.75, 3.05) is 12.4 Å². The standard InChI is InChI=1S/C16H15N3O/c1-20-16-15(5-3-9-18-16)19-11-12-6-7-14-13(10-12)4-2-8-17-14/h2-10,19H,11H2,1H3. The maximum Gasteiger partial charge on any atom is 0.237 e.